The Bertz CT molecular complexity index is 3560. The van der Waals surface area contributed by atoms with E-state index in [1.807, 2.05) is 30.3 Å². The summed E-state index contributed by atoms with van der Waals surface area (Å²) in [5.41, 5.74) is 14.1. The van der Waals surface area contributed by atoms with Gasteiger partial charge in [0.05, 0.1) is 11.0 Å². The lowest BCUT2D eigenvalue weighted by Crippen LogP contribution is -2.01. The van der Waals surface area contributed by atoms with Gasteiger partial charge in [-0.3, -0.25) is 0 Å². The van der Waals surface area contributed by atoms with Gasteiger partial charge in [-0.2, -0.15) is 0 Å². The van der Waals surface area contributed by atoms with Crippen LogP contribution in [0.5, 0.6) is 0 Å². The van der Waals surface area contributed by atoms with Gasteiger partial charge in [0.15, 0.2) is 17.5 Å². The lowest BCUT2D eigenvalue weighted by Gasteiger charge is -2.13. The fraction of sp³-hybridized carbons (Fsp3) is 0. The van der Waals surface area contributed by atoms with Crippen molar-refractivity contribution in [3.63, 3.8) is 0 Å². The van der Waals surface area contributed by atoms with Crippen LogP contribution in [0.2, 0.25) is 0 Å². The van der Waals surface area contributed by atoms with Crippen molar-refractivity contribution in [2.24, 2.45) is 0 Å². The van der Waals surface area contributed by atoms with Crippen LogP contribution in [0.15, 0.2) is 223 Å². The Hall–Kier alpha value is -8.41. The zero-order chi connectivity index (χ0) is 41.0. The van der Waals surface area contributed by atoms with Gasteiger partial charge in [-0.15, -0.1) is 0 Å². The smallest absolute Gasteiger partial charge is 0.164 e. The molecule has 0 atom stereocenters. The Morgan fingerprint density at radius 3 is 1.56 bits per heavy atom. The molecule has 0 N–H and O–H groups in total. The minimum Gasteiger partial charge on any atom is -0.455 e. The van der Waals surface area contributed by atoms with Crippen LogP contribution < -0.4 is 0 Å². The maximum Gasteiger partial charge on any atom is 0.164 e. The highest BCUT2D eigenvalue weighted by Crippen LogP contribution is 2.41. The van der Waals surface area contributed by atoms with Crippen molar-refractivity contribution in [1.82, 2.24) is 19.5 Å². The summed E-state index contributed by atoms with van der Waals surface area (Å²) in [6.07, 6.45) is 0. The standard InChI is InChI=1S/C57H36N4O/c1-5-17-37(18-6-1)41-33-42(38-19-7-2-8-20-38)35-43(34-41)56-58-55(40-31-32-47-46-25-13-14-29-50(46)61(51(47)36-40)44-23-11-4-12-24-44)59-57(60-56)49-28-16-30-52-53(49)48-27-15-26-45(54(48)62-52)39-21-9-3-10-22-39/h1-36H. The van der Waals surface area contributed by atoms with E-state index in [2.05, 4.69) is 193 Å². The Labute approximate surface area is 357 Å². The number of nitrogens with zero attached hydrogens (tertiary/aromatic N) is 4. The summed E-state index contributed by atoms with van der Waals surface area (Å²) >= 11 is 0. The molecule has 12 rings (SSSR count). The van der Waals surface area contributed by atoms with Gasteiger partial charge in [-0.1, -0.05) is 170 Å². The van der Waals surface area contributed by atoms with Crippen LogP contribution in [0.1, 0.15) is 0 Å². The molecular formula is C57H36N4O. The van der Waals surface area contributed by atoms with Crippen molar-refractivity contribution in [3.8, 4) is 73.2 Å². The van der Waals surface area contributed by atoms with Gasteiger partial charge in [0.1, 0.15) is 11.2 Å². The molecule has 0 spiro atoms. The molecule has 0 aliphatic rings. The third-order valence-electron chi connectivity index (χ3n) is 11.8. The average molecular weight is 793 g/mol. The third-order valence-corrected chi connectivity index (χ3v) is 11.8. The number of rotatable bonds is 7. The molecule has 0 aliphatic carbocycles. The summed E-state index contributed by atoms with van der Waals surface area (Å²) in [6.45, 7) is 0. The molecule has 5 nitrogen and oxygen atoms in total. The van der Waals surface area contributed by atoms with Gasteiger partial charge in [0, 0.05) is 49.5 Å². The van der Waals surface area contributed by atoms with E-state index in [-0.39, 0.29) is 0 Å². The summed E-state index contributed by atoms with van der Waals surface area (Å²) < 4.78 is 9.05. The molecule has 0 fully saturated rings. The lowest BCUT2D eigenvalue weighted by molar-refractivity contribution is 0.670. The summed E-state index contributed by atoms with van der Waals surface area (Å²) in [5.74, 6) is 1.73. The predicted octanol–water partition coefficient (Wildman–Crippen LogP) is 14.9. The maximum absolute atomic E-state index is 6.72. The number of hydrogen-bond donors (Lipinski definition) is 0. The molecule has 0 radical (unpaired) electrons. The predicted molar refractivity (Wildman–Crippen MR) is 254 cm³/mol. The highest BCUT2D eigenvalue weighted by Gasteiger charge is 2.21. The van der Waals surface area contributed by atoms with E-state index >= 15 is 0 Å². The molecule has 62 heavy (non-hydrogen) atoms. The number of hydrogen-bond acceptors (Lipinski definition) is 4. The summed E-state index contributed by atoms with van der Waals surface area (Å²) in [6, 6.07) is 76.2. The first-order valence-corrected chi connectivity index (χ1v) is 20.8. The largest absolute Gasteiger partial charge is 0.455 e. The first kappa shape index (κ1) is 35.5. The normalized spacial score (nSPS) is 11.5. The third kappa shape index (κ3) is 6.06. The highest BCUT2D eigenvalue weighted by molar-refractivity contribution is 6.15. The Morgan fingerprint density at radius 1 is 0.323 bits per heavy atom. The lowest BCUT2D eigenvalue weighted by atomic mass is 9.95. The van der Waals surface area contributed by atoms with E-state index in [0.717, 1.165) is 94.1 Å². The van der Waals surface area contributed by atoms with Gasteiger partial charge < -0.3 is 8.98 Å². The molecule has 9 aromatic carbocycles. The SMILES string of the molecule is c1ccc(-c2cc(-c3ccccc3)cc(-c3nc(-c4ccc5c6ccccc6n(-c6ccccc6)c5c4)nc(-c4cccc5oc6c(-c7ccccc7)cccc6c45)n3)c2)cc1. The zero-order valence-electron chi connectivity index (χ0n) is 33.5. The van der Waals surface area contributed by atoms with Crippen molar-refractivity contribution >= 4 is 43.7 Å². The van der Waals surface area contributed by atoms with E-state index in [9.17, 15) is 0 Å². The van der Waals surface area contributed by atoms with E-state index in [1.165, 1.54) is 5.39 Å². The fourth-order valence-corrected chi connectivity index (χ4v) is 8.95. The number of benzene rings is 9. The minimum atomic E-state index is 0.568. The average Bonchev–Trinajstić information content (AvgIpc) is 3.91. The van der Waals surface area contributed by atoms with Crippen molar-refractivity contribution in [3.05, 3.63) is 218 Å². The van der Waals surface area contributed by atoms with Crippen LogP contribution in [-0.4, -0.2) is 19.5 Å². The van der Waals surface area contributed by atoms with Gasteiger partial charge in [0.2, 0.25) is 0 Å². The highest BCUT2D eigenvalue weighted by atomic mass is 16.3. The summed E-state index contributed by atoms with van der Waals surface area (Å²) in [7, 11) is 0. The second kappa shape index (κ2) is 14.7. The first-order chi connectivity index (χ1) is 30.7. The van der Waals surface area contributed by atoms with Crippen LogP contribution in [0, 0.1) is 0 Å². The molecule has 5 heteroatoms. The van der Waals surface area contributed by atoms with E-state index in [0.29, 0.717) is 17.5 Å². The van der Waals surface area contributed by atoms with Gasteiger partial charge >= 0.3 is 0 Å². The Balaban J connectivity index is 1.13. The number of aromatic nitrogens is 4. The minimum absolute atomic E-state index is 0.568. The molecule has 0 saturated carbocycles. The van der Waals surface area contributed by atoms with Crippen LogP contribution in [0.3, 0.4) is 0 Å². The molecule has 3 heterocycles. The molecule has 0 amide bonds. The van der Waals surface area contributed by atoms with Crippen molar-refractivity contribution in [2.45, 2.75) is 0 Å². The molecule has 0 saturated heterocycles. The topological polar surface area (TPSA) is 56.7 Å². The van der Waals surface area contributed by atoms with E-state index in [1.54, 1.807) is 0 Å². The molecule has 290 valence electrons. The van der Waals surface area contributed by atoms with Crippen LogP contribution in [0.25, 0.3) is 117 Å². The second-order valence-electron chi connectivity index (χ2n) is 15.6. The fourth-order valence-electron chi connectivity index (χ4n) is 8.95. The second-order valence-corrected chi connectivity index (χ2v) is 15.6. The van der Waals surface area contributed by atoms with Gasteiger partial charge in [-0.05, 0) is 76.3 Å². The quantitative estimate of drug-likeness (QED) is 0.161. The van der Waals surface area contributed by atoms with E-state index < -0.39 is 0 Å². The van der Waals surface area contributed by atoms with Gasteiger partial charge in [-0.25, -0.2) is 15.0 Å². The first-order valence-electron chi connectivity index (χ1n) is 20.8. The molecule has 0 bridgehead atoms. The molecule has 12 aromatic rings. The van der Waals surface area contributed by atoms with Crippen LogP contribution >= 0.6 is 0 Å². The van der Waals surface area contributed by atoms with Crippen LogP contribution in [-0.2, 0) is 0 Å². The number of fused-ring (bicyclic) bond motifs is 6. The van der Waals surface area contributed by atoms with Crippen molar-refractivity contribution < 1.29 is 4.42 Å². The van der Waals surface area contributed by atoms with Crippen molar-refractivity contribution in [2.75, 3.05) is 0 Å². The molecule has 3 aromatic heterocycles. The number of para-hydroxylation sites is 3. The summed E-state index contributed by atoms with van der Waals surface area (Å²) in [5, 5.41) is 4.32. The number of furan rings is 1. The summed E-state index contributed by atoms with van der Waals surface area (Å²) in [4.78, 5) is 16.1. The molecular weight excluding hydrogens is 757 g/mol. The molecule has 0 unspecified atom stereocenters. The maximum atomic E-state index is 6.72. The Kier molecular flexibility index (Phi) is 8.42. The van der Waals surface area contributed by atoms with Crippen molar-refractivity contribution in [1.29, 1.82) is 0 Å². The van der Waals surface area contributed by atoms with E-state index in [4.69, 9.17) is 19.4 Å². The van der Waals surface area contributed by atoms with Crippen LogP contribution in [0.4, 0.5) is 0 Å². The monoisotopic (exact) mass is 792 g/mol. The zero-order valence-corrected chi connectivity index (χ0v) is 33.5. The van der Waals surface area contributed by atoms with Gasteiger partial charge in [0.25, 0.3) is 0 Å². The Morgan fingerprint density at radius 2 is 0.855 bits per heavy atom. The molecule has 0 aliphatic heterocycles.